The summed E-state index contributed by atoms with van der Waals surface area (Å²) in [6, 6.07) is 3.68. The van der Waals surface area contributed by atoms with Gasteiger partial charge in [0.15, 0.2) is 6.29 Å². The van der Waals surface area contributed by atoms with Crippen LogP contribution in [0.3, 0.4) is 0 Å². The summed E-state index contributed by atoms with van der Waals surface area (Å²) in [4.78, 5) is 29.0. The van der Waals surface area contributed by atoms with Gasteiger partial charge in [0.2, 0.25) is 5.43 Å². The lowest BCUT2D eigenvalue weighted by Gasteiger charge is -2.11. The zero-order valence-corrected chi connectivity index (χ0v) is 10.2. The van der Waals surface area contributed by atoms with Gasteiger partial charge in [-0.1, -0.05) is 0 Å². The minimum absolute atomic E-state index is 0.0312. The second kappa shape index (κ2) is 4.76. The van der Waals surface area contributed by atoms with Gasteiger partial charge in [0.1, 0.15) is 17.6 Å². The Morgan fingerprint density at radius 1 is 1.32 bits per heavy atom. The van der Waals surface area contributed by atoms with E-state index < -0.39 is 25.1 Å². The molecule has 0 aliphatic carbocycles. The summed E-state index contributed by atoms with van der Waals surface area (Å²) >= 11 is 0. The first-order valence-corrected chi connectivity index (χ1v) is 6.47. The number of phenolic OH excluding ortho intramolecular Hbond substituents is 1. The zero-order valence-electron chi connectivity index (χ0n) is 9.26. The van der Waals surface area contributed by atoms with E-state index in [1.54, 1.807) is 0 Å². The number of hydrogen-bond acceptors (Lipinski definition) is 6. The van der Waals surface area contributed by atoms with Gasteiger partial charge in [0.05, 0.1) is 10.9 Å². The molecule has 1 heterocycles. The SMILES string of the molecule is O=c1c(C(O)OP(=O)(O)O)coc2cc(O)ccc12. The number of phenols is 1. The molecule has 0 fully saturated rings. The lowest BCUT2D eigenvalue weighted by molar-refractivity contribution is -0.0403. The highest BCUT2D eigenvalue weighted by atomic mass is 31.2. The molecule has 8 nitrogen and oxygen atoms in total. The molecule has 1 aromatic heterocycles. The maximum absolute atomic E-state index is 11.9. The number of phosphoric acid groups is 1. The smallest absolute Gasteiger partial charge is 0.472 e. The third-order valence-electron chi connectivity index (χ3n) is 2.29. The molecule has 0 amide bonds. The van der Waals surface area contributed by atoms with Gasteiger partial charge >= 0.3 is 7.82 Å². The lowest BCUT2D eigenvalue weighted by Crippen LogP contribution is -2.14. The van der Waals surface area contributed by atoms with Crippen LogP contribution in [0, 0.1) is 0 Å². The fourth-order valence-corrected chi connectivity index (χ4v) is 1.86. The summed E-state index contributed by atoms with van der Waals surface area (Å²) < 4.78 is 19.6. The Balaban J connectivity index is 2.52. The molecular formula is C10H9O8P. The number of aliphatic hydroxyl groups excluding tert-OH is 1. The highest BCUT2D eigenvalue weighted by Crippen LogP contribution is 2.40. The first-order chi connectivity index (χ1) is 8.78. The van der Waals surface area contributed by atoms with Crippen LogP contribution in [0.15, 0.2) is 33.7 Å². The Hall–Kier alpha value is -1.70. The van der Waals surface area contributed by atoms with Crippen molar-refractivity contribution in [1.29, 1.82) is 0 Å². The normalized spacial score (nSPS) is 13.6. The third kappa shape index (κ3) is 3.01. The monoisotopic (exact) mass is 288 g/mol. The van der Waals surface area contributed by atoms with Gasteiger partial charge in [0, 0.05) is 6.07 Å². The highest BCUT2D eigenvalue weighted by Gasteiger charge is 2.24. The molecule has 0 spiro atoms. The van der Waals surface area contributed by atoms with Crippen LogP contribution in [0.2, 0.25) is 0 Å². The zero-order chi connectivity index (χ0) is 14.2. The first kappa shape index (κ1) is 13.7. The Morgan fingerprint density at radius 3 is 2.63 bits per heavy atom. The van der Waals surface area contributed by atoms with E-state index in [4.69, 9.17) is 14.2 Å². The quantitative estimate of drug-likeness (QED) is 0.476. The maximum atomic E-state index is 11.9. The summed E-state index contributed by atoms with van der Waals surface area (Å²) in [5, 5.41) is 18.7. The maximum Gasteiger partial charge on any atom is 0.472 e. The number of aliphatic hydroxyl groups is 1. The van der Waals surface area contributed by atoms with E-state index in [1.807, 2.05) is 0 Å². The molecule has 0 saturated carbocycles. The summed E-state index contributed by atoms with van der Waals surface area (Å²) in [6.07, 6.45) is -1.31. The number of aromatic hydroxyl groups is 1. The summed E-state index contributed by atoms with van der Waals surface area (Å²) in [7, 11) is -4.95. The topological polar surface area (TPSA) is 137 Å². The molecule has 102 valence electrons. The standard InChI is InChI=1S/C10H9O8P/c11-5-1-2-6-8(3-5)17-4-7(9(6)12)10(13)18-19(14,15)16/h1-4,10-11,13H,(H2,14,15,16). The number of fused-ring (bicyclic) bond motifs is 1. The molecular weight excluding hydrogens is 279 g/mol. The van der Waals surface area contributed by atoms with Crippen molar-refractivity contribution in [2.75, 3.05) is 0 Å². The molecule has 9 heteroatoms. The molecule has 0 aliphatic rings. The van der Waals surface area contributed by atoms with Crippen LogP contribution in [0.5, 0.6) is 5.75 Å². The van der Waals surface area contributed by atoms with E-state index in [0.717, 1.165) is 6.26 Å². The van der Waals surface area contributed by atoms with Gasteiger partial charge < -0.3 is 24.4 Å². The Kier molecular flexibility index (Phi) is 3.44. The van der Waals surface area contributed by atoms with E-state index in [-0.39, 0.29) is 16.7 Å². The molecule has 1 aromatic carbocycles. The molecule has 0 radical (unpaired) electrons. The average Bonchev–Trinajstić information content (AvgIpc) is 2.26. The van der Waals surface area contributed by atoms with Crippen LogP contribution >= 0.6 is 7.82 Å². The van der Waals surface area contributed by atoms with E-state index in [0.29, 0.717) is 0 Å². The number of rotatable bonds is 3. The molecule has 1 atom stereocenters. The Labute approximate surface area is 105 Å². The fraction of sp³-hybridized carbons (Fsp3) is 0.100. The van der Waals surface area contributed by atoms with Gasteiger partial charge in [-0.05, 0) is 12.1 Å². The Bertz CT molecular complexity index is 715. The van der Waals surface area contributed by atoms with Gasteiger partial charge in [-0.2, -0.15) is 0 Å². The first-order valence-electron chi connectivity index (χ1n) is 4.94. The van der Waals surface area contributed by atoms with E-state index in [2.05, 4.69) is 4.52 Å². The van der Waals surface area contributed by atoms with Crippen molar-refractivity contribution in [2.45, 2.75) is 6.29 Å². The Morgan fingerprint density at radius 2 is 2.00 bits per heavy atom. The van der Waals surface area contributed by atoms with Gasteiger partial charge in [-0.15, -0.1) is 0 Å². The summed E-state index contributed by atoms with van der Waals surface area (Å²) in [5.74, 6) is -0.115. The van der Waals surface area contributed by atoms with E-state index >= 15 is 0 Å². The molecule has 0 bridgehead atoms. The predicted octanol–water partition coefficient (Wildman–Crippen LogP) is 0.599. The van der Waals surface area contributed by atoms with Crippen LogP contribution in [0.1, 0.15) is 11.9 Å². The van der Waals surface area contributed by atoms with Crippen LogP contribution in [0.4, 0.5) is 0 Å². The minimum atomic E-state index is -4.95. The van der Waals surface area contributed by atoms with E-state index in [1.165, 1.54) is 18.2 Å². The molecule has 2 aromatic rings. The fourth-order valence-electron chi connectivity index (χ4n) is 1.49. The molecule has 4 N–H and O–H groups in total. The largest absolute Gasteiger partial charge is 0.508 e. The molecule has 1 unspecified atom stereocenters. The minimum Gasteiger partial charge on any atom is -0.508 e. The third-order valence-corrected chi connectivity index (χ3v) is 2.76. The van der Waals surface area contributed by atoms with Crippen LogP contribution in [-0.4, -0.2) is 20.0 Å². The van der Waals surface area contributed by atoms with Crippen LogP contribution in [0.25, 0.3) is 11.0 Å². The van der Waals surface area contributed by atoms with Crippen molar-refractivity contribution in [1.82, 2.24) is 0 Å². The van der Waals surface area contributed by atoms with Crippen molar-refractivity contribution in [2.24, 2.45) is 0 Å². The molecule has 19 heavy (non-hydrogen) atoms. The molecule has 0 aliphatic heterocycles. The van der Waals surface area contributed by atoms with Crippen molar-refractivity contribution < 1.29 is 33.5 Å². The van der Waals surface area contributed by atoms with Gasteiger partial charge in [-0.3, -0.25) is 9.32 Å². The number of hydrogen-bond donors (Lipinski definition) is 4. The highest BCUT2D eigenvalue weighted by molar-refractivity contribution is 7.46. The average molecular weight is 288 g/mol. The number of benzene rings is 1. The van der Waals surface area contributed by atoms with Crippen molar-refractivity contribution >= 4 is 18.8 Å². The predicted molar refractivity (Wildman–Crippen MR) is 62.2 cm³/mol. The molecule has 2 rings (SSSR count). The van der Waals surface area contributed by atoms with Gasteiger partial charge in [0.25, 0.3) is 0 Å². The van der Waals surface area contributed by atoms with E-state index in [9.17, 15) is 19.6 Å². The van der Waals surface area contributed by atoms with Crippen molar-refractivity contribution in [3.63, 3.8) is 0 Å². The summed E-state index contributed by atoms with van der Waals surface area (Å²) in [5.41, 5.74) is -1.11. The molecule has 0 saturated heterocycles. The van der Waals surface area contributed by atoms with Crippen molar-refractivity contribution in [3.05, 3.63) is 40.2 Å². The van der Waals surface area contributed by atoms with Crippen LogP contribution < -0.4 is 5.43 Å². The number of phosphoric ester groups is 1. The second-order valence-electron chi connectivity index (χ2n) is 3.65. The lowest BCUT2D eigenvalue weighted by atomic mass is 10.1. The van der Waals surface area contributed by atoms with Crippen LogP contribution in [-0.2, 0) is 9.09 Å². The second-order valence-corrected chi connectivity index (χ2v) is 4.84. The summed E-state index contributed by atoms with van der Waals surface area (Å²) in [6.45, 7) is 0. The van der Waals surface area contributed by atoms with Gasteiger partial charge in [-0.25, -0.2) is 4.57 Å². The van der Waals surface area contributed by atoms with Crippen molar-refractivity contribution in [3.8, 4) is 5.75 Å².